The van der Waals surface area contributed by atoms with E-state index in [1.165, 1.54) is 6.33 Å². The fraction of sp³-hybridized carbons (Fsp3) is 0.375. The molecule has 23 heavy (non-hydrogen) atoms. The van der Waals surface area contributed by atoms with Crippen molar-refractivity contribution in [1.29, 1.82) is 0 Å². The van der Waals surface area contributed by atoms with Crippen molar-refractivity contribution in [3.05, 3.63) is 47.8 Å². The zero-order chi connectivity index (χ0) is 16.4. The van der Waals surface area contributed by atoms with Crippen molar-refractivity contribution < 1.29 is 18.6 Å². The van der Waals surface area contributed by atoms with Crippen molar-refractivity contribution in [2.24, 2.45) is 0 Å². The molecule has 1 aliphatic heterocycles. The molecule has 122 valence electrons. The summed E-state index contributed by atoms with van der Waals surface area (Å²) in [6.07, 6.45) is 1.01. The molecule has 1 aromatic heterocycles. The first-order valence-corrected chi connectivity index (χ1v) is 7.43. The molecule has 3 rings (SSSR count). The lowest BCUT2D eigenvalue weighted by atomic mass is 10.0. The van der Waals surface area contributed by atoms with Gasteiger partial charge in [0, 0.05) is 18.2 Å². The Morgan fingerprint density at radius 3 is 2.91 bits per heavy atom. The second-order valence-electron chi connectivity index (χ2n) is 5.37. The van der Waals surface area contributed by atoms with E-state index in [2.05, 4.69) is 9.97 Å². The third-order valence-electron chi connectivity index (χ3n) is 3.81. The van der Waals surface area contributed by atoms with Crippen molar-refractivity contribution in [3.8, 4) is 5.88 Å². The smallest absolute Gasteiger partial charge is 0.218 e. The lowest BCUT2D eigenvalue weighted by molar-refractivity contribution is 0.194. The van der Waals surface area contributed by atoms with Crippen LogP contribution in [0.3, 0.4) is 0 Å². The highest BCUT2D eigenvalue weighted by Gasteiger charge is 2.35. The second kappa shape index (κ2) is 6.45. The molecule has 1 saturated heterocycles. The summed E-state index contributed by atoms with van der Waals surface area (Å²) in [4.78, 5) is 9.91. The van der Waals surface area contributed by atoms with E-state index in [0.717, 1.165) is 18.2 Å². The normalized spacial score (nSPS) is 20.8. The molecule has 0 amide bonds. The molecule has 5 nitrogen and oxygen atoms in total. The van der Waals surface area contributed by atoms with Gasteiger partial charge in [-0.05, 0) is 31.5 Å². The summed E-state index contributed by atoms with van der Waals surface area (Å²) in [5.74, 6) is -0.110. The van der Waals surface area contributed by atoms with Crippen LogP contribution in [0.2, 0.25) is 0 Å². The number of nitrogens with zero attached hydrogens (tertiary/aromatic N) is 3. The predicted octanol–water partition coefficient (Wildman–Crippen LogP) is 2.47. The number of β-amino-alcohol motifs (C(OH)–C–C–N with tert-alkyl or cyclic N) is 1. The fourth-order valence-corrected chi connectivity index (χ4v) is 2.85. The minimum Gasteiger partial charge on any atom is -0.478 e. The van der Waals surface area contributed by atoms with Crippen molar-refractivity contribution in [3.63, 3.8) is 0 Å². The highest BCUT2D eigenvalue weighted by Crippen LogP contribution is 2.37. The zero-order valence-electron chi connectivity index (χ0n) is 12.6. The second-order valence-corrected chi connectivity index (χ2v) is 5.37. The average molecular weight is 321 g/mol. The Bertz CT molecular complexity index is 699. The number of rotatable bonds is 4. The molecular formula is C16H17F2N3O2. The summed E-state index contributed by atoms with van der Waals surface area (Å²) >= 11 is 0. The molecule has 7 heteroatoms. The molecule has 1 fully saturated rings. The molecule has 2 heterocycles. The van der Waals surface area contributed by atoms with Gasteiger partial charge in [-0.15, -0.1) is 0 Å². The van der Waals surface area contributed by atoms with Gasteiger partial charge in [-0.25, -0.2) is 18.7 Å². The third kappa shape index (κ3) is 3.24. The Balaban J connectivity index is 1.96. The van der Waals surface area contributed by atoms with Crippen molar-refractivity contribution >= 4 is 5.82 Å². The van der Waals surface area contributed by atoms with Crippen LogP contribution in [0.25, 0.3) is 0 Å². The number of hydrogen-bond donors (Lipinski definition) is 1. The standard InChI is InChI=1S/C16H17F2N3O2/c1-2-23-16-7-15(19-9-20-16)21-8-11(22)6-14(21)12-5-10(17)3-4-13(12)18/h3-5,7,9,11,14,22H,2,6,8H2,1H3/t11-,14-/m0/s1. The summed E-state index contributed by atoms with van der Waals surface area (Å²) in [6, 6.07) is 4.47. The first-order chi connectivity index (χ1) is 11.1. The van der Waals surface area contributed by atoms with Gasteiger partial charge in [0.05, 0.1) is 18.8 Å². The number of aromatic nitrogens is 2. The molecule has 1 aromatic carbocycles. The van der Waals surface area contributed by atoms with Crippen LogP contribution in [-0.4, -0.2) is 34.3 Å². The van der Waals surface area contributed by atoms with Gasteiger partial charge in [-0.3, -0.25) is 0 Å². The minimum absolute atomic E-state index is 0.207. The third-order valence-corrected chi connectivity index (χ3v) is 3.81. The molecular weight excluding hydrogens is 304 g/mol. The van der Waals surface area contributed by atoms with Crippen LogP contribution >= 0.6 is 0 Å². The van der Waals surface area contributed by atoms with E-state index in [1.807, 2.05) is 6.92 Å². The lowest BCUT2D eigenvalue weighted by Crippen LogP contribution is -2.26. The number of anilines is 1. The predicted molar refractivity (Wildman–Crippen MR) is 80.3 cm³/mol. The summed E-state index contributed by atoms with van der Waals surface area (Å²) in [7, 11) is 0. The molecule has 0 bridgehead atoms. The summed E-state index contributed by atoms with van der Waals surface area (Å²) in [6.45, 7) is 2.58. The Morgan fingerprint density at radius 2 is 2.13 bits per heavy atom. The van der Waals surface area contributed by atoms with Crippen LogP contribution in [0, 0.1) is 11.6 Å². The topological polar surface area (TPSA) is 58.5 Å². The summed E-state index contributed by atoms with van der Waals surface area (Å²) in [5, 5.41) is 9.99. The first kappa shape index (κ1) is 15.6. The quantitative estimate of drug-likeness (QED) is 0.937. The van der Waals surface area contributed by atoms with E-state index < -0.39 is 23.8 Å². The van der Waals surface area contributed by atoms with E-state index >= 15 is 0 Å². The van der Waals surface area contributed by atoms with Gasteiger partial charge >= 0.3 is 0 Å². The molecule has 0 unspecified atom stereocenters. The van der Waals surface area contributed by atoms with Gasteiger partial charge in [-0.1, -0.05) is 0 Å². The number of aliphatic hydroxyl groups excluding tert-OH is 1. The van der Waals surface area contributed by atoms with E-state index in [-0.39, 0.29) is 12.1 Å². The average Bonchev–Trinajstić information content (AvgIpc) is 2.92. The van der Waals surface area contributed by atoms with Gasteiger partial charge in [0.25, 0.3) is 0 Å². The van der Waals surface area contributed by atoms with Crippen molar-refractivity contribution in [2.45, 2.75) is 25.5 Å². The monoisotopic (exact) mass is 321 g/mol. The highest BCUT2D eigenvalue weighted by molar-refractivity contribution is 5.46. The van der Waals surface area contributed by atoms with Gasteiger partial charge in [0.1, 0.15) is 23.8 Å². The molecule has 0 radical (unpaired) electrons. The zero-order valence-corrected chi connectivity index (χ0v) is 12.6. The van der Waals surface area contributed by atoms with Crippen LogP contribution in [0.15, 0.2) is 30.6 Å². The summed E-state index contributed by atoms with van der Waals surface area (Å²) in [5.41, 5.74) is 0.207. The van der Waals surface area contributed by atoms with E-state index in [0.29, 0.717) is 24.7 Å². The van der Waals surface area contributed by atoms with E-state index in [1.54, 1.807) is 11.0 Å². The summed E-state index contributed by atoms with van der Waals surface area (Å²) < 4.78 is 32.9. The molecule has 0 spiro atoms. The molecule has 1 N–H and O–H groups in total. The molecule has 2 atom stereocenters. The Morgan fingerprint density at radius 1 is 1.30 bits per heavy atom. The number of ether oxygens (including phenoxy) is 1. The van der Waals surface area contributed by atoms with Gasteiger partial charge in [-0.2, -0.15) is 0 Å². The Hall–Kier alpha value is -2.28. The maximum absolute atomic E-state index is 14.1. The van der Waals surface area contributed by atoms with E-state index in [9.17, 15) is 13.9 Å². The Kier molecular flexibility index (Phi) is 4.38. The van der Waals surface area contributed by atoms with Crippen LogP contribution in [-0.2, 0) is 0 Å². The van der Waals surface area contributed by atoms with Crippen LogP contribution < -0.4 is 9.64 Å². The van der Waals surface area contributed by atoms with Gasteiger partial charge in [0.2, 0.25) is 5.88 Å². The Labute approximate surface area is 132 Å². The number of benzene rings is 1. The molecule has 0 aliphatic carbocycles. The van der Waals surface area contributed by atoms with Gasteiger partial charge in [0.15, 0.2) is 0 Å². The highest BCUT2D eigenvalue weighted by atomic mass is 19.1. The lowest BCUT2D eigenvalue weighted by Gasteiger charge is -2.26. The first-order valence-electron chi connectivity index (χ1n) is 7.43. The van der Waals surface area contributed by atoms with Crippen LogP contribution in [0.1, 0.15) is 24.9 Å². The van der Waals surface area contributed by atoms with Gasteiger partial charge < -0.3 is 14.7 Å². The number of halogens is 2. The van der Waals surface area contributed by atoms with Crippen LogP contribution in [0.4, 0.5) is 14.6 Å². The van der Waals surface area contributed by atoms with Crippen molar-refractivity contribution in [1.82, 2.24) is 9.97 Å². The maximum atomic E-state index is 14.1. The molecule has 2 aromatic rings. The van der Waals surface area contributed by atoms with E-state index in [4.69, 9.17) is 4.74 Å². The maximum Gasteiger partial charge on any atom is 0.218 e. The minimum atomic E-state index is -0.645. The van der Waals surface area contributed by atoms with Crippen molar-refractivity contribution in [2.75, 3.05) is 18.1 Å². The number of hydrogen-bond acceptors (Lipinski definition) is 5. The number of aliphatic hydroxyl groups is 1. The molecule has 1 aliphatic rings. The largest absolute Gasteiger partial charge is 0.478 e. The fourth-order valence-electron chi connectivity index (χ4n) is 2.85. The van der Waals surface area contributed by atoms with Crippen LogP contribution in [0.5, 0.6) is 5.88 Å². The molecule has 0 saturated carbocycles. The SMILES string of the molecule is CCOc1cc(N2C[C@@H](O)C[C@H]2c2cc(F)ccc2F)ncn1.